The largest absolute Gasteiger partial charge is 0.508 e. The van der Waals surface area contributed by atoms with Crippen LogP contribution in [-0.4, -0.2) is 71.1 Å². The van der Waals surface area contributed by atoms with Gasteiger partial charge in [0.1, 0.15) is 23.9 Å². The van der Waals surface area contributed by atoms with Gasteiger partial charge >= 0.3 is 0 Å². The van der Waals surface area contributed by atoms with E-state index < -0.39 is 17.7 Å². The highest BCUT2D eigenvalue weighted by Crippen LogP contribution is 2.40. The van der Waals surface area contributed by atoms with Gasteiger partial charge < -0.3 is 24.6 Å². The first-order valence-corrected chi connectivity index (χ1v) is 13.6. The van der Waals surface area contributed by atoms with E-state index in [9.17, 15) is 19.8 Å². The second-order valence-corrected chi connectivity index (χ2v) is 10.1. The zero-order chi connectivity index (χ0) is 28.1. The van der Waals surface area contributed by atoms with E-state index in [1.165, 1.54) is 17.0 Å². The van der Waals surface area contributed by atoms with Crippen LogP contribution in [0.4, 0.5) is 0 Å². The number of ketones is 1. The second kappa shape index (κ2) is 12.4. The maximum Gasteiger partial charge on any atom is 0.295 e. The summed E-state index contributed by atoms with van der Waals surface area (Å²) in [5.74, 6) is -0.862. The quantitative estimate of drug-likeness (QED) is 0.235. The van der Waals surface area contributed by atoms with Crippen LogP contribution in [0.1, 0.15) is 34.7 Å². The van der Waals surface area contributed by atoms with E-state index in [2.05, 4.69) is 4.90 Å². The van der Waals surface area contributed by atoms with Crippen LogP contribution >= 0.6 is 0 Å². The lowest BCUT2D eigenvalue weighted by Gasteiger charge is -2.29. The standard InChI is InChI=1S/C32H34N2O6/c1-22-20-26(40-21-23-6-3-2-4-7-23)12-13-27(22)30(36)28-29(24-8-10-25(35)11-9-24)34(32(38)31(28)37)15-5-14-33-16-18-39-19-17-33/h2-4,6-13,20,29,35-36H,5,14-19,21H2,1H3/b30-28+. The molecule has 40 heavy (non-hydrogen) atoms. The van der Waals surface area contributed by atoms with E-state index in [1.54, 1.807) is 24.3 Å². The van der Waals surface area contributed by atoms with Gasteiger partial charge in [0.15, 0.2) is 0 Å². The van der Waals surface area contributed by atoms with Gasteiger partial charge in [-0.1, -0.05) is 42.5 Å². The second-order valence-electron chi connectivity index (χ2n) is 10.1. The lowest BCUT2D eigenvalue weighted by molar-refractivity contribution is -0.140. The minimum absolute atomic E-state index is 0.0446. The molecule has 8 heteroatoms. The average Bonchev–Trinajstić information content (AvgIpc) is 3.22. The van der Waals surface area contributed by atoms with Crippen molar-refractivity contribution in [3.05, 3.63) is 101 Å². The highest BCUT2D eigenvalue weighted by atomic mass is 16.5. The molecule has 1 unspecified atom stereocenters. The Morgan fingerprint density at radius 2 is 1.70 bits per heavy atom. The first-order valence-electron chi connectivity index (χ1n) is 13.6. The van der Waals surface area contributed by atoms with Gasteiger partial charge in [0.2, 0.25) is 0 Å². The number of phenols is 1. The van der Waals surface area contributed by atoms with E-state index >= 15 is 0 Å². The zero-order valence-electron chi connectivity index (χ0n) is 22.6. The molecule has 2 aliphatic rings. The van der Waals surface area contributed by atoms with Crippen molar-refractivity contribution in [3.63, 3.8) is 0 Å². The third-order valence-corrected chi connectivity index (χ3v) is 7.43. The van der Waals surface area contributed by atoms with Crippen molar-refractivity contribution in [1.82, 2.24) is 9.80 Å². The van der Waals surface area contributed by atoms with Crippen LogP contribution in [0, 0.1) is 6.92 Å². The Bertz CT molecular complexity index is 1380. The van der Waals surface area contributed by atoms with Gasteiger partial charge in [-0.05, 0) is 60.4 Å². The normalized spacial score (nSPS) is 19.2. The number of benzene rings is 3. The van der Waals surface area contributed by atoms with Crippen molar-refractivity contribution in [1.29, 1.82) is 0 Å². The molecule has 2 heterocycles. The number of carbonyl (C=O) groups is 2. The molecule has 2 fully saturated rings. The maximum absolute atomic E-state index is 13.4. The van der Waals surface area contributed by atoms with E-state index in [0.29, 0.717) is 55.2 Å². The van der Waals surface area contributed by atoms with Gasteiger partial charge in [-0.2, -0.15) is 0 Å². The number of amides is 1. The number of likely N-dealkylation sites (tertiary alicyclic amines) is 1. The number of carbonyl (C=O) groups excluding carboxylic acids is 2. The lowest BCUT2D eigenvalue weighted by atomic mass is 9.93. The molecular weight excluding hydrogens is 508 g/mol. The molecule has 2 N–H and O–H groups in total. The monoisotopic (exact) mass is 542 g/mol. The molecule has 2 aliphatic heterocycles. The van der Waals surface area contributed by atoms with Gasteiger partial charge in [0.05, 0.1) is 24.8 Å². The van der Waals surface area contributed by atoms with Crippen LogP contribution < -0.4 is 4.74 Å². The Morgan fingerprint density at radius 1 is 0.975 bits per heavy atom. The van der Waals surface area contributed by atoms with Gasteiger partial charge in [-0.25, -0.2) is 0 Å². The number of morpholine rings is 1. The van der Waals surface area contributed by atoms with E-state index in [4.69, 9.17) is 9.47 Å². The molecule has 3 aromatic rings. The Hall–Kier alpha value is -4.14. The first kappa shape index (κ1) is 27.4. The summed E-state index contributed by atoms with van der Waals surface area (Å²) in [7, 11) is 0. The van der Waals surface area contributed by atoms with Crippen molar-refractivity contribution in [3.8, 4) is 11.5 Å². The number of aromatic hydroxyl groups is 1. The van der Waals surface area contributed by atoms with Crippen molar-refractivity contribution in [2.24, 2.45) is 0 Å². The summed E-state index contributed by atoms with van der Waals surface area (Å²) in [5, 5.41) is 21.3. The number of phenolic OH excluding ortho intramolecular Hbond substituents is 1. The van der Waals surface area contributed by atoms with Crippen molar-refractivity contribution in [2.75, 3.05) is 39.4 Å². The van der Waals surface area contributed by atoms with Crippen LogP contribution in [0.5, 0.6) is 11.5 Å². The molecule has 0 saturated carbocycles. The molecular formula is C32H34N2O6. The number of ether oxygens (including phenoxy) is 2. The van der Waals surface area contributed by atoms with E-state index in [-0.39, 0.29) is 17.1 Å². The summed E-state index contributed by atoms with van der Waals surface area (Å²) in [5.41, 5.74) is 2.90. The van der Waals surface area contributed by atoms with E-state index in [1.807, 2.05) is 43.3 Å². The molecule has 0 radical (unpaired) electrons. The summed E-state index contributed by atoms with van der Waals surface area (Å²) < 4.78 is 11.3. The number of aliphatic hydroxyl groups excluding tert-OH is 1. The maximum atomic E-state index is 13.4. The molecule has 1 amide bonds. The number of aliphatic hydroxyl groups is 1. The van der Waals surface area contributed by atoms with Crippen molar-refractivity contribution < 1.29 is 29.3 Å². The number of rotatable bonds is 9. The molecule has 2 saturated heterocycles. The van der Waals surface area contributed by atoms with Gasteiger partial charge in [-0.15, -0.1) is 0 Å². The Morgan fingerprint density at radius 3 is 2.40 bits per heavy atom. The molecule has 8 nitrogen and oxygen atoms in total. The molecule has 3 aromatic carbocycles. The summed E-state index contributed by atoms with van der Waals surface area (Å²) in [6.45, 7) is 6.42. The molecule has 1 atom stereocenters. The average molecular weight is 543 g/mol. The molecule has 0 bridgehead atoms. The smallest absolute Gasteiger partial charge is 0.295 e. The van der Waals surface area contributed by atoms with Gasteiger partial charge in [-0.3, -0.25) is 14.5 Å². The summed E-state index contributed by atoms with van der Waals surface area (Å²) >= 11 is 0. The topological polar surface area (TPSA) is 99.5 Å². The van der Waals surface area contributed by atoms with Crippen LogP contribution in [0.3, 0.4) is 0 Å². The molecule has 0 aromatic heterocycles. The molecule has 0 aliphatic carbocycles. The summed E-state index contributed by atoms with van der Waals surface area (Å²) in [4.78, 5) is 30.5. The third-order valence-electron chi connectivity index (χ3n) is 7.43. The van der Waals surface area contributed by atoms with Crippen LogP contribution in [0.25, 0.3) is 5.76 Å². The van der Waals surface area contributed by atoms with E-state index in [0.717, 1.165) is 25.2 Å². The van der Waals surface area contributed by atoms with Crippen LogP contribution in [0.2, 0.25) is 0 Å². The Balaban J connectivity index is 1.42. The molecule has 5 rings (SSSR count). The van der Waals surface area contributed by atoms with Crippen molar-refractivity contribution in [2.45, 2.75) is 26.0 Å². The number of hydrogen-bond donors (Lipinski definition) is 2. The van der Waals surface area contributed by atoms with Gasteiger partial charge in [0.25, 0.3) is 11.7 Å². The Labute approximate surface area is 234 Å². The highest BCUT2D eigenvalue weighted by molar-refractivity contribution is 6.46. The fourth-order valence-corrected chi connectivity index (χ4v) is 5.28. The molecule has 208 valence electrons. The SMILES string of the molecule is Cc1cc(OCc2ccccc2)ccc1/C(O)=C1\C(=O)C(=O)N(CCCN2CCOCC2)C1c1ccc(O)cc1. The van der Waals surface area contributed by atoms with Crippen LogP contribution in [-0.2, 0) is 20.9 Å². The van der Waals surface area contributed by atoms with Gasteiger partial charge in [0, 0.05) is 31.7 Å². The molecule has 0 spiro atoms. The predicted molar refractivity (Wildman–Crippen MR) is 151 cm³/mol. The third kappa shape index (κ3) is 6.03. The van der Waals surface area contributed by atoms with Crippen LogP contribution in [0.15, 0.2) is 78.4 Å². The number of aryl methyl sites for hydroxylation is 1. The van der Waals surface area contributed by atoms with Crippen molar-refractivity contribution >= 4 is 17.4 Å². The number of Topliss-reactive ketones (excluding diaryl/α,β-unsaturated/α-hetero) is 1. The minimum Gasteiger partial charge on any atom is -0.508 e. The predicted octanol–water partition coefficient (Wildman–Crippen LogP) is 4.42. The Kier molecular flexibility index (Phi) is 8.48. The summed E-state index contributed by atoms with van der Waals surface area (Å²) in [6, 6.07) is 20.7. The number of nitrogens with zero attached hydrogens (tertiary/aromatic N) is 2. The highest BCUT2D eigenvalue weighted by Gasteiger charge is 2.46. The fourth-order valence-electron chi connectivity index (χ4n) is 5.28. The first-order chi connectivity index (χ1) is 19.4. The zero-order valence-corrected chi connectivity index (χ0v) is 22.6. The number of hydrogen-bond acceptors (Lipinski definition) is 7. The fraction of sp³-hybridized carbons (Fsp3) is 0.312. The minimum atomic E-state index is -0.765. The summed E-state index contributed by atoms with van der Waals surface area (Å²) in [6.07, 6.45) is 0.675. The lowest BCUT2D eigenvalue weighted by Crippen LogP contribution is -2.38.